The molecule has 0 aliphatic carbocycles. The van der Waals surface area contributed by atoms with Crippen LogP contribution in [0.15, 0.2) is 47.4 Å². The van der Waals surface area contributed by atoms with E-state index >= 15 is 0 Å². The summed E-state index contributed by atoms with van der Waals surface area (Å²) < 4.78 is 37.6. The van der Waals surface area contributed by atoms with Crippen molar-refractivity contribution in [3.05, 3.63) is 53.1 Å². The number of morpholine rings is 1. The van der Waals surface area contributed by atoms with Crippen molar-refractivity contribution in [2.45, 2.75) is 11.8 Å². The summed E-state index contributed by atoms with van der Waals surface area (Å²) in [7, 11) is -3.57. The zero-order chi connectivity index (χ0) is 20.1. The van der Waals surface area contributed by atoms with Gasteiger partial charge in [-0.05, 0) is 55.0 Å². The summed E-state index contributed by atoms with van der Waals surface area (Å²) in [5, 5.41) is 3.28. The fraction of sp³-hybridized carbons (Fsp3) is 0.316. The van der Waals surface area contributed by atoms with Crippen molar-refractivity contribution in [2.24, 2.45) is 0 Å². The molecule has 0 atom stereocenters. The van der Waals surface area contributed by atoms with Crippen LogP contribution in [0.25, 0.3) is 0 Å². The molecular weight excluding hydrogens is 404 g/mol. The Hall–Kier alpha value is -2.13. The SMILES string of the molecule is Cc1cc(S(=O)(=O)N2CCOCC2)ccc1OCC(=O)Nc1ccc(Cl)cc1. The first-order chi connectivity index (χ1) is 13.4. The number of sulfonamides is 1. The Morgan fingerprint density at radius 1 is 1.18 bits per heavy atom. The molecule has 0 unspecified atom stereocenters. The second-order valence-corrected chi connectivity index (χ2v) is 8.66. The number of nitrogens with zero attached hydrogens (tertiary/aromatic N) is 1. The molecule has 1 aliphatic heterocycles. The van der Waals surface area contributed by atoms with Gasteiger partial charge in [0, 0.05) is 23.8 Å². The molecular formula is C19H21ClN2O5S. The minimum absolute atomic E-state index is 0.195. The zero-order valence-electron chi connectivity index (χ0n) is 15.4. The van der Waals surface area contributed by atoms with Crippen LogP contribution in [0.1, 0.15) is 5.56 Å². The van der Waals surface area contributed by atoms with E-state index in [-0.39, 0.29) is 17.4 Å². The summed E-state index contributed by atoms with van der Waals surface area (Å²) in [4.78, 5) is 12.2. The lowest BCUT2D eigenvalue weighted by molar-refractivity contribution is -0.118. The highest BCUT2D eigenvalue weighted by Crippen LogP contribution is 2.24. The van der Waals surface area contributed by atoms with Gasteiger partial charge in [0.2, 0.25) is 10.0 Å². The minimum atomic E-state index is -3.57. The topological polar surface area (TPSA) is 84.9 Å². The molecule has 0 bridgehead atoms. The molecule has 0 spiro atoms. The van der Waals surface area contributed by atoms with Crippen LogP contribution in [-0.4, -0.2) is 51.5 Å². The van der Waals surface area contributed by atoms with Gasteiger partial charge < -0.3 is 14.8 Å². The summed E-state index contributed by atoms with van der Waals surface area (Å²) >= 11 is 5.81. The summed E-state index contributed by atoms with van der Waals surface area (Å²) in [5.41, 5.74) is 1.25. The third-order valence-corrected chi connectivity index (χ3v) is 6.39. The zero-order valence-corrected chi connectivity index (χ0v) is 16.9. The van der Waals surface area contributed by atoms with Crippen molar-refractivity contribution in [2.75, 3.05) is 38.2 Å². The van der Waals surface area contributed by atoms with E-state index in [9.17, 15) is 13.2 Å². The molecule has 1 amide bonds. The monoisotopic (exact) mass is 424 g/mol. The molecule has 9 heteroatoms. The maximum atomic E-state index is 12.7. The van der Waals surface area contributed by atoms with Gasteiger partial charge in [-0.1, -0.05) is 11.6 Å². The van der Waals surface area contributed by atoms with Crippen molar-refractivity contribution in [3.8, 4) is 5.75 Å². The fourth-order valence-corrected chi connectivity index (χ4v) is 4.37. The van der Waals surface area contributed by atoms with E-state index < -0.39 is 10.0 Å². The summed E-state index contributed by atoms with van der Waals surface area (Å²) in [6.07, 6.45) is 0. The molecule has 1 fully saturated rings. The summed E-state index contributed by atoms with van der Waals surface area (Å²) in [5.74, 6) is 0.124. The quantitative estimate of drug-likeness (QED) is 0.770. The predicted octanol–water partition coefficient (Wildman–Crippen LogP) is 2.69. The molecule has 3 rings (SSSR count). The highest BCUT2D eigenvalue weighted by atomic mass is 35.5. The fourth-order valence-electron chi connectivity index (χ4n) is 2.75. The predicted molar refractivity (Wildman–Crippen MR) is 106 cm³/mol. The number of ether oxygens (including phenoxy) is 2. The maximum absolute atomic E-state index is 12.7. The highest BCUT2D eigenvalue weighted by Gasteiger charge is 2.26. The molecule has 1 aliphatic rings. The van der Waals surface area contributed by atoms with Gasteiger partial charge in [0.05, 0.1) is 18.1 Å². The average molecular weight is 425 g/mol. The number of hydrogen-bond donors (Lipinski definition) is 1. The summed E-state index contributed by atoms with van der Waals surface area (Å²) in [6.45, 7) is 3.00. The standard InChI is InChI=1S/C19H21ClN2O5S/c1-14-12-17(28(24,25)22-8-10-26-11-9-22)6-7-18(14)27-13-19(23)21-16-4-2-15(20)3-5-16/h2-7,12H,8-11,13H2,1H3,(H,21,23). The lowest BCUT2D eigenvalue weighted by atomic mass is 10.2. The number of amides is 1. The summed E-state index contributed by atoms with van der Waals surface area (Å²) in [6, 6.07) is 11.3. The minimum Gasteiger partial charge on any atom is -0.483 e. The Labute approximate surface area is 169 Å². The molecule has 1 N–H and O–H groups in total. The highest BCUT2D eigenvalue weighted by molar-refractivity contribution is 7.89. The second kappa shape index (κ2) is 8.91. The number of nitrogens with one attached hydrogen (secondary N) is 1. The first kappa shape index (κ1) is 20.6. The van der Waals surface area contributed by atoms with Crippen molar-refractivity contribution in [1.82, 2.24) is 4.31 Å². The number of hydrogen-bond acceptors (Lipinski definition) is 5. The van der Waals surface area contributed by atoms with E-state index in [4.69, 9.17) is 21.1 Å². The van der Waals surface area contributed by atoms with E-state index in [2.05, 4.69) is 5.32 Å². The maximum Gasteiger partial charge on any atom is 0.262 e. The van der Waals surface area contributed by atoms with Gasteiger partial charge >= 0.3 is 0 Å². The third-order valence-electron chi connectivity index (χ3n) is 4.24. The number of aryl methyl sites for hydroxylation is 1. The van der Waals surface area contributed by atoms with Gasteiger partial charge in [-0.3, -0.25) is 4.79 Å². The van der Waals surface area contributed by atoms with Gasteiger partial charge in [-0.25, -0.2) is 8.42 Å². The van der Waals surface area contributed by atoms with Crippen molar-refractivity contribution < 1.29 is 22.7 Å². The van der Waals surface area contributed by atoms with Gasteiger partial charge in [-0.15, -0.1) is 0 Å². The number of anilines is 1. The lowest BCUT2D eigenvalue weighted by Crippen LogP contribution is -2.40. The van der Waals surface area contributed by atoms with Crippen LogP contribution in [0, 0.1) is 6.92 Å². The Balaban J connectivity index is 1.62. The van der Waals surface area contributed by atoms with Gasteiger partial charge in [0.15, 0.2) is 6.61 Å². The van der Waals surface area contributed by atoms with Crippen LogP contribution < -0.4 is 10.1 Å². The van der Waals surface area contributed by atoms with E-state index in [0.717, 1.165) is 0 Å². The molecule has 0 saturated carbocycles. The van der Waals surface area contributed by atoms with Gasteiger partial charge in [0.1, 0.15) is 5.75 Å². The van der Waals surface area contributed by atoms with Crippen LogP contribution in [0.4, 0.5) is 5.69 Å². The lowest BCUT2D eigenvalue weighted by Gasteiger charge is -2.26. The largest absolute Gasteiger partial charge is 0.483 e. The number of carbonyl (C=O) groups is 1. The van der Waals surface area contributed by atoms with Crippen LogP contribution in [-0.2, 0) is 19.6 Å². The Morgan fingerprint density at radius 3 is 2.50 bits per heavy atom. The normalized spacial score (nSPS) is 15.2. The van der Waals surface area contributed by atoms with E-state index in [1.54, 1.807) is 43.3 Å². The van der Waals surface area contributed by atoms with Crippen molar-refractivity contribution in [1.29, 1.82) is 0 Å². The first-order valence-corrected chi connectivity index (χ1v) is 10.5. The Bertz CT molecular complexity index is 941. The van der Waals surface area contributed by atoms with E-state index in [1.165, 1.54) is 10.4 Å². The van der Waals surface area contributed by atoms with Crippen LogP contribution in [0.3, 0.4) is 0 Å². The molecule has 0 radical (unpaired) electrons. The van der Waals surface area contributed by atoms with Crippen LogP contribution in [0.5, 0.6) is 5.75 Å². The number of rotatable bonds is 6. The smallest absolute Gasteiger partial charge is 0.262 e. The molecule has 2 aromatic carbocycles. The Kier molecular flexibility index (Phi) is 6.56. The van der Waals surface area contributed by atoms with Crippen LogP contribution >= 0.6 is 11.6 Å². The molecule has 0 aromatic heterocycles. The van der Waals surface area contributed by atoms with Crippen molar-refractivity contribution >= 4 is 33.2 Å². The average Bonchev–Trinajstić information content (AvgIpc) is 2.69. The molecule has 2 aromatic rings. The van der Waals surface area contributed by atoms with Crippen LogP contribution in [0.2, 0.25) is 5.02 Å². The number of benzene rings is 2. The Morgan fingerprint density at radius 2 is 1.86 bits per heavy atom. The molecule has 7 nitrogen and oxygen atoms in total. The molecule has 28 heavy (non-hydrogen) atoms. The van der Waals surface area contributed by atoms with Gasteiger partial charge in [-0.2, -0.15) is 4.31 Å². The van der Waals surface area contributed by atoms with E-state index in [1.807, 2.05) is 0 Å². The molecule has 150 valence electrons. The number of halogens is 1. The third kappa shape index (κ3) is 5.02. The number of carbonyl (C=O) groups excluding carboxylic acids is 1. The van der Waals surface area contributed by atoms with E-state index in [0.29, 0.717) is 48.3 Å². The second-order valence-electron chi connectivity index (χ2n) is 6.29. The first-order valence-electron chi connectivity index (χ1n) is 8.73. The molecule has 1 heterocycles. The van der Waals surface area contributed by atoms with Crippen molar-refractivity contribution in [3.63, 3.8) is 0 Å². The molecule has 1 saturated heterocycles. The van der Waals surface area contributed by atoms with Gasteiger partial charge in [0.25, 0.3) is 5.91 Å².